The Bertz CT molecular complexity index is 429. The van der Waals surface area contributed by atoms with Gasteiger partial charge in [0.1, 0.15) is 0 Å². The summed E-state index contributed by atoms with van der Waals surface area (Å²) in [4.78, 5) is 0. The highest BCUT2D eigenvalue weighted by Crippen LogP contribution is 2.34. The molecule has 0 aliphatic heterocycles. The zero-order chi connectivity index (χ0) is 13.2. The fourth-order valence-corrected chi connectivity index (χ4v) is 3.92. The van der Waals surface area contributed by atoms with Gasteiger partial charge in [0, 0.05) is 12.1 Å². The molecule has 0 amide bonds. The van der Waals surface area contributed by atoms with Gasteiger partial charge in [0.25, 0.3) is 0 Å². The van der Waals surface area contributed by atoms with Gasteiger partial charge >= 0.3 is 0 Å². The summed E-state index contributed by atoms with van der Waals surface area (Å²) in [5, 5.41) is 3.95. The monoisotopic (exact) mass is 257 g/mol. The molecule has 1 aromatic rings. The second-order valence-corrected chi connectivity index (χ2v) is 6.59. The Morgan fingerprint density at radius 1 is 1.11 bits per heavy atom. The second-order valence-electron chi connectivity index (χ2n) is 6.59. The molecule has 0 spiro atoms. The van der Waals surface area contributed by atoms with E-state index in [9.17, 15) is 0 Å². The van der Waals surface area contributed by atoms with Gasteiger partial charge in [-0.15, -0.1) is 0 Å². The largest absolute Gasteiger partial charge is 0.307 e. The molecule has 0 saturated heterocycles. The standard InChI is InChI=1S/C18H27N/c1-3-14-5-9-16(10-6-14)19-18-11-8-15-7-4-13(2)12-17(15)18/h4,7,12,14,16,18-19H,3,5-6,8-11H2,1-2H3. The maximum Gasteiger partial charge on any atom is 0.0328 e. The van der Waals surface area contributed by atoms with Crippen LogP contribution in [0.4, 0.5) is 0 Å². The van der Waals surface area contributed by atoms with Gasteiger partial charge in [-0.2, -0.15) is 0 Å². The number of rotatable bonds is 3. The molecule has 1 unspecified atom stereocenters. The maximum atomic E-state index is 3.95. The van der Waals surface area contributed by atoms with Crippen molar-refractivity contribution in [3.8, 4) is 0 Å². The lowest BCUT2D eigenvalue weighted by atomic mass is 9.84. The summed E-state index contributed by atoms with van der Waals surface area (Å²) in [5.74, 6) is 0.996. The summed E-state index contributed by atoms with van der Waals surface area (Å²) in [5.41, 5.74) is 4.56. The first-order valence-electron chi connectivity index (χ1n) is 8.11. The van der Waals surface area contributed by atoms with Crippen molar-refractivity contribution in [1.82, 2.24) is 5.32 Å². The smallest absolute Gasteiger partial charge is 0.0328 e. The quantitative estimate of drug-likeness (QED) is 0.838. The van der Waals surface area contributed by atoms with E-state index in [4.69, 9.17) is 0 Å². The first-order valence-corrected chi connectivity index (χ1v) is 8.11. The summed E-state index contributed by atoms with van der Waals surface area (Å²) >= 11 is 0. The number of aryl methyl sites for hydroxylation is 2. The van der Waals surface area contributed by atoms with E-state index < -0.39 is 0 Å². The third-order valence-electron chi connectivity index (χ3n) is 5.24. The van der Waals surface area contributed by atoms with E-state index in [1.165, 1.54) is 50.5 Å². The SMILES string of the molecule is CCC1CCC(NC2CCc3ccc(C)cc32)CC1. The molecular formula is C18H27N. The molecule has 0 aromatic heterocycles. The molecule has 3 rings (SSSR count). The third-order valence-corrected chi connectivity index (χ3v) is 5.24. The predicted molar refractivity (Wildman–Crippen MR) is 81.4 cm³/mol. The van der Waals surface area contributed by atoms with Crippen LogP contribution in [0.25, 0.3) is 0 Å². The number of hydrogen-bond acceptors (Lipinski definition) is 1. The molecule has 104 valence electrons. The number of fused-ring (bicyclic) bond motifs is 1. The Balaban J connectivity index is 1.62. The van der Waals surface area contributed by atoms with Gasteiger partial charge in [-0.3, -0.25) is 0 Å². The van der Waals surface area contributed by atoms with E-state index in [-0.39, 0.29) is 0 Å². The van der Waals surface area contributed by atoms with Crippen molar-refractivity contribution in [2.45, 2.75) is 70.9 Å². The molecule has 1 nitrogen and oxygen atoms in total. The van der Waals surface area contributed by atoms with Gasteiger partial charge in [-0.05, 0) is 62.5 Å². The fourth-order valence-electron chi connectivity index (χ4n) is 3.92. The minimum Gasteiger partial charge on any atom is -0.307 e. The molecule has 1 N–H and O–H groups in total. The number of hydrogen-bond donors (Lipinski definition) is 1. The van der Waals surface area contributed by atoms with Gasteiger partial charge in [-0.1, -0.05) is 37.1 Å². The van der Waals surface area contributed by atoms with Crippen LogP contribution in [0.1, 0.15) is 68.2 Å². The van der Waals surface area contributed by atoms with Crippen molar-refractivity contribution in [3.63, 3.8) is 0 Å². The minimum atomic E-state index is 0.623. The van der Waals surface area contributed by atoms with Crippen LogP contribution in [0, 0.1) is 12.8 Å². The highest BCUT2D eigenvalue weighted by Gasteiger charge is 2.27. The summed E-state index contributed by atoms with van der Waals surface area (Å²) < 4.78 is 0. The summed E-state index contributed by atoms with van der Waals surface area (Å²) in [6, 6.07) is 8.38. The van der Waals surface area contributed by atoms with Gasteiger partial charge in [0.15, 0.2) is 0 Å². The first-order chi connectivity index (χ1) is 9.26. The predicted octanol–water partition coefficient (Wildman–Crippen LogP) is 4.54. The van der Waals surface area contributed by atoms with E-state index in [0.29, 0.717) is 6.04 Å². The van der Waals surface area contributed by atoms with Crippen molar-refractivity contribution >= 4 is 0 Å². The number of benzene rings is 1. The van der Waals surface area contributed by atoms with E-state index in [0.717, 1.165) is 12.0 Å². The lowest BCUT2D eigenvalue weighted by Gasteiger charge is -2.31. The van der Waals surface area contributed by atoms with Gasteiger partial charge < -0.3 is 5.32 Å². The molecule has 1 fully saturated rings. The number of nitrogens with one attached hydrogen (secondary N) is 1. The van der Waals surface area contributed by atoms with E-state index in [2.05, 4.69) is 37.4 Å². The Morgan fingerprint density at radius 3 is 2.63 bits per heavy atom. The van der Waals surface area contributed by atoms with Crippen molar-refractivity contribution in [2.24, 2.45) is 5.92 Å². The normalized spacial score (nSPS) is 30.3. The van der Waals surface area contributed by atoms with Crippen LogP contribution in [-0.2, 0) is 6.42 Å². The van der Waals surface area contributed by atoms with E-state index >= 15 is 0 Å². The van der Waals surface area contributed by atoms with Gasteiger partial charge in [-0.25, -0.2) is 0 Å². The highest BCUT2D eigenvalue weighted by molar-refractivity contribution is 5.37. The summed E-state index contributed by atoms with van der Waals surface area (Å²) in [6.45, 7) is 4.55. The molecule has 1 aromatic carbocycles. The van der Waals surface area contributed by atoms with Crippen LogP contribution >= 0.6 is 0 Å². The highest BCUT2D eigenvalue weighted by atomic mass is 15.0. The van der Waals surface area contributed by atoms with Crippen LogP contribution < -0.4 is 5.32 Å². The molecule has 1 saturated carbocycles. The fraction of sp³-hybridized carbons (Fsp3) is 0.667. The Labute approximate surface area is 117 Å². The molecule has 0 bridgehead atoms. The van der Waals surface area contributed by atoms with Gasteiger partial charge in [0.2, 0.25) is 0 Å². The molecule has 1 atom stereocenters. The molecule has 0 radical (unpaired) electrons. The topological polar surface area (TPSA) is 12.0 Å². The lowest BCUT2D eigenvalue weighted by Crippen LogP contribution is -2.35. The van der Waals surface area contributed by atoms with Gasteiger partial charge in [0.05, 0.1) is 0 Å². The van der Waals surface area contributed by atoms with Crippen LogP contribution in [0.5, 0.6) is 0 Å². The molecule has 0 heterocycles. The Kier molecular flexibility index (Phi) is 3.93. The molecule has 2 aliphatic carbocycles. The van der Waals surface area contributed by atoms with E-state index in [1.807, 2.05) is 0 Å². The summed E-state index contributed by atoms with van der Waals surface area (Å²) in [7, 11) is 0. The summed E-state index contributed by atoms with van der Waals surface area (Å²) in [6.07, 6.45) is 9.57. The lowest BCUT2D eigenvalue weighted by molar-refractivity contribution is 0.269. The maximum absolute atomic E-state index is 3.95. The first kappa shape index (κ1) is 13.2. The molecule has 1 heteroatoms. The van der Waals surface area contributed by atoms with Crippen LogP contribution in [0.2, 0.25) is 0 Å². The van der Waals surface area contributed by atoms with Crippen molar-refractivity contribution in [2.75, 3.05) is 0 Å². The third kappa shape index (κ3) is 2.86. The zero-order valence-electron chi connectivity index (χ0n) is 12.4. The van der Waals surface area contributed by atoms with Crippen LogP contribution in [0.15, 0.2) is 18.2 Å². The van der Waals surface area contributed by atoms with Crippen molar-refractivity contribution in [1.29, 1.82) is 0 Å². The minimum absolute atomic E-state index is 0.623. The average molecular weight is 257 g/mol. The Morgan fingerprint density at radius 2 is 1.89 bits per heavy atom. The second kappa shape index (κ2) is 5.66. The molecule has 2 aliphatic rings. The van der Waals surface area contributed by atoms with Crippen molar-refractivity contribution < 1.29 is 0 Å². The van der Waals surface area contributed by atoms with Crippen LogP contribution in [-0.4, -0.2) is 6.04 Å². The van der Waals surface area contributed by atoms with Crippen molar-refractivity contribution in [3.05, 3.63) is 34.9 Å². The molecular weight excluding hydrogens is 230 g/mol. The van der Waals surface area contributed by atoms with Crippen LogP contribution in [0.3, 0.4) is 0 Å². The average Bonchev–Trinajstić information content (AvgIpc) is 2.82. The molecule has 19 heavy (non-hydrogen) atoms. The van der Waals surface area contributed by atoms with E-state index in [1.54, 1.807) is 11.1 Å². The Hall–Kier alpha value is -0.820. The zero-order valence-corrected chi connectivity index (χ0v) is 12.4.